The van der Waals surface area contributed by atoms with Crippen LogP contribution < -0.4 is 9.62 Å². The molecule has 1 heterocycles. The maximum absolute atomic E-state index is 12.4. The van der Waals surface area contributed by atoms with E-state index in [4.69, 9.17) is 9.15 Å². The monoisotopic (exact) mass is 455 g/mol. The number of carbonyl (C=O) groups excluding carboxylic acids is 2. The molecule has 0 aliphatic rings. The molecule has 0 atom stereocenters. The molecule has 0 saturated heterocycles. The van der Waals surface area contributed by atoms with Crippen molar-refractivity contribution in [2.75, 3.05) is 32.6 Å². The van der Waals surface area contributed by atoms with Gasteiger partial charge >= 0.3 is 11.9 Å². The summed E-state index contributed by atoms with van der Waals surface area (Å²) in [5.74, 6) is -1.08. The molecule has 0 bridgehead atoms. The number of methoxy groups -OCH3 is 1. The highest BCUT2D eigenvalue weighted by Gasteiger charge is 2.23. The third-order valence-electron chi connectivity index (χ3n) is 4.09. The van der Waals surface area contributed by atoms with E-state index in [9.17, 15) is 28.1 Å². The first kappa shape index (κ1) is 23.8. The first-order chi connectivity index (χ1) is 14.5. The molecule has 0 fully saturated rings. The van der Waals surface area contributed by atoms with Crippen LogP contribution in [0.2, 0.25) is 0 Å². The number of sulfonamides is 1. The maximum atomic E-state index is 12.4. The summed E-state index contributed by atoms with van der Waals surface area (Å²) in [7, 11) is 0.165. The maximum Gasteiger partial charge on any atom is 0.341 e. The van der Waals surface area contributed by atoms with Gasteiger partial charge in [-0.05, 0) is 25.1 Å². The summed E-state index contributed by atoms with van der Waals surface area (Å²) < 4.78 is 41.6. The molecule has 1 aromatic carbocycles. The number of nitro benzene ring substituents is 1. The van der Waals surface area contributed by atoms with Gasteiger partial charge in [0, 0.05) is 20.2 Å². The molecule has 0 unspecified atom stereocenters. The number of anilines is 1. The van der Waals surface area contributed by atoms with Crippen LogP contribution in [-0.4, -0.2) is 53.0 Å². The molecule has 31 heavy (non-hydrogen) atoms. The molecule has 0 saturated carbocycles. The third kappa shape index (κ3) is 5.79. The lowest BCUT2D eigenvalue weighted by atomic mass is 10.2. The van der Waals surface area contributed by atoms with Crippen LogP contribution in [0.15, 0.2) is 33.6 Å². The van der Waals surface area contributed by atoms with Gasteiger partial charge in [0.25, 0.3) is 5.69 Å². The van der Waals surface area contributed by atoms with Crippen molar-refractivity contribution in [3.63, 3.8) is 0 Å². The number of nitro groups is 1. The molecule has 12 nitrogen and oxygen atoms in total. The van der Waals surface area contributed by atoms with E-state index < -0.39 is 39.1 Å². The van der Waals surface area contributed by atoms with Gasteiger partial charge in [0.1, 0.15) is 35.9 Å². The molecule has 0 spiro atoms. The average molecular weight is 455 g/mol. The molecule has 0 aliphatic carbocycles. The SMILES string of the molecule is COC(=O)c1cc(COC(=O)CNS(=O)(=O)c2ccc(N(C)C)c([N+](=O)[O-])c2)oc1C. The number of carbonyl (C=O) groups is 2. The molecule has 0 radical (unpaired) electrons. The van der Waals surface area contributed by atoms with E-state index in [1.165, 1.54) is 37.1 Å². The number of rotatable bonds is 9. The van der Waals surface area contributed by atoms with Crippen molar-refractivity contribution in [2.24, 2.45) is 0 Å². The average Bonchev–Trinajstić information content (AvgIpc) is 3.10. The molecule has 168 valence electrons. The number of ether oxygens (including phenoxy) is 2. The van der Waals surface area contributed by atoms with Crippen LogP contribution >= 0.6 is 0 Å². The van der Waals surface area contributed by atoms with Crippen molar-refractivity contribution in [3.05, 3.63) is 51.5 Å². The second kappa shape index (κ2) is 9.57. The summed E-state index contributed by atoms with van der Waals surface area (Å²) in [4.78, 5) is 35.1. The van der Waals surface area contributed by atoms with Crippen molar-refractivity contribution in [2.45, 2.75) is 18.4 Å². The quantitative estimate of drug-likeness (QED) is 0.332. The second-order valence-corrected chi connectivity index (χ2v) is 8.23. The highest BCUT2D eigenvalue weighted by molar-refractivity contribution is 7.89. The standard InChI is InChI=1S/C18H21N3O9S/c1-11-14(18(23)28-4)7-12(30-11)10-29-17(22)9-19-31(26,27)13-5-6-15(20(2)3)16(8-13)21(24)25/h5-8,19H,9-10H2,1-4H3. The van der Waals surface area contributed by atoms with Gasteiger partial charge in [-0.3, -0.25) is 14.9 Å². The third-order valence-corrected chi connectivity index (χ3v) is 5.49. The van der Waals surface area contributed by atoms with Crippen molar-refractivity contribution in [1.82, 2.24) is 4.72 Å². The Balaban J connectivity index is 2.02. The van der Waals surface area contributed by atoms with Crippen LogP contribution in [0.3, 0.4) is 0 Å². The Morgan fingerprint density at radius 2 is 1.94 bits per heavy atom. The fourth-order valence-corrected chi connectivity index (χ4v) is 3.55. The summed E-state index contributed by atoms with van der Waals surface area (Å²) in [6.07, 6.45) is 0. The molecular weight excluding hydrogens is 434 g/mol. The molecule has 1 aromatic heterocycles. The Hall–Kier alpha value is -3.45. The minimum atomic E-state index is -4.21. The van der Waals surface area contributed by atoms with Gasteiger partial charge in [-0.25, -0.2) is 13.2 Å². The summed E-state index contributed by atoms with van der Waals surface area (Å²) >= 11 is 0. The fraction of sp³-hybridized carbons (Fsp3) is 0.333. The summed E-state index contributed by atoms with van der Waals surface area (Å²) in [6.45, 7) is 0.489. The topological polar surface area (TPSA) is 158 Å². The number of hydrogen-bond acceptors (Lipinski definition) is 10. The Morgan fingerprint density at radius 1 is 1.26 bits per heavy atom. The van der Waals surface area contributed by atoms with Gasteiger partial charge < -0.3 is 18.8 Å². The van der Waals surface area contributed by atoms with Crippen LogP contribution in [0.5, 0.6) is 0 Å². The highest BCUT2D eigenvalue weighted by atomic mass is 32.2. The van der Waals surface area contributed by atoms with Gasteiger partial charge in [-0.2, -0.15) is 4.72 Å². The number of furan rings is 1. The Kier molecular flexibility index (Phi) is 7.36. The summed E-state index contributed by atoms with van der Waals surface area (Å²) in [6, 6.07) is 4.74. The zero-order chi connectivity index (χ0) is 23.3. The van der Waals surface area contributed by atoms with E-state index in [1.807, 2.05) is 4.72 Å². The van der Waals surface area contributed by atoms with Gasteiger partial charge in [0.05, 0.1) is 16.9 Å². The zero-order valence-corrected chi connectivity index (χ0v) is 18.0. The van der Waals surface area contributed by atoms with E-state index in [-0.39, 0.29) is 34.3 Å². The number of benzene rings is 1. The highest BCUT2D eigenvalue weighted by Crippen LogP contribution is 2.29. The molecule has 2 rings (SSSR count). The van der Waals surface area contributed by atoms with Gasteiger partial charge in [0.15, 0.2) is 0 Å². The summed E-state index contributed by atoms with van der Waals surface area (Å²) in [5, 5.41) is 11.2. The van der Waals surface area contributed by atoms with Crippen molar-refractivity contribution in [3.8, 4) is 0 Å². The largest absolute Gasteiger partial charge is 0.465 e. The molecule has 13 heteroatoms. The number of nitrogens with one attached hydrogen (secondary N) is 1. The number of nitrogens with zero attached hydrogens (tertiary/aromatic N) is 2. The fourth-order valence-electron chi connectivity index (χ4n) is 2.56. The Bertz CT molecular complexity index is 1110. The number of aryl methyl sites for hydroxylation is 1. The first-order valence-electron chi connectivity index (χ1n) is 8.75. The van der Waals surface area contributed by atoms with Crippen LogP contribution in [0.1, 0.15) is 21.9 Å². The first-order valence-corrected chi connectivity index (χ1v) is 10.2. The lowest BCUT2D eigenvalue weighted by Gasteiger charge is -2.13. The van der Waals surface area contributed by atoms with E-state index in [0.29, 0.717) is 0 Å². The minimum Gasteiger partial charge on any atom is -0.465 e. The van der Waals surface area contributed by atoms with Crippen LogP contribution in [0.4, 0.5) is 11.4 Å². The predicted octanol–water partition coefficient (Wildman–Crippen LogP) is 1.37. The summed E-state index contributed by atoms with van der Waals surface area (Å²) in [5.41, 5.74) is 0.00509. The Labute approximate surface area is 177 Å². The van der Waals surface area contributed by atoms with Gasteiger partial charge in [-0.1, -0.05) is 0 Å². The van der Waals surface area contributed by atoms with Crippen molar-refractivity contribution in [1.29, 1.82) is 0 Å². The van der Waals surface area contributed by atoms with E-state index >= 15 is 0 Å². The van der Waals surface area contributed by atoms with Gasteiger partial charge in [0.2, 0.25) is 10.0 Å². The zero-order valence-electron chi connectivity index (χ0n) is 17.2. The van der Waals surface area contributed by atoms with Crippen molar-refractivity contribution >= 4 is 33.3 Å². The molecule has 0 aliphatic heterocycles. The van der Waals surface area contributed by atoms with E-state index in [2.05, 4.69) is 4.74 Å². The molecular formula is C18H21N3O9S. The minimum absolute atomic E-state index is 0.170. The smallest absolute Gasteiger partial charge is 0.341 e. The van der Waals surface area contributed by atoms with Crippen LogP contribution in [-0.2, 0) is 30.9 Å². The van der Waals surface area contributed by atoms with Crippen molar-refractivity contribution < 1.29 is 36.8 Å². The normalized spacial score (nSPS) is 11.1. The molecule has 1 N–H and O–H groups in total. The van der Waals surface area contributed by atoms with Crippen LogP contribution in [0, 0.1) is 17.0 Å². The van der Waals surface area contributed by atoms with Gasteiger partial charge in [-0.15, -0.1) is 0 Å². The Morgan fingerprint density at radius 3 is 2.52 bits per heavy atom. The predicted molar refractivity (Wildman–Crippen MR) is 107 cm³/mol. The number of hydrogen-bond donors (Lipinski definition) is 1. The van der Waals surface area contributed by atoms with E-state index in [1.54, 1.807) is 14.1 Å². The lowest BCUT2D eigenvalue weighted by molar-refractivity contribution is -0.384. The van der Waals surface area contributed by atoms with Crippen LogP contribution in [0.25, 0.3) is 0 Å². The number of esters is 2. The second-order valence-electron chi connectivity index (χ2n) is 6.46. The lowest BCUT2D eigenvalue weighted by Crippen LogP contribution is -2.30. The molecule has 0 amide bonds. The molecule has 2 aromatic rings. The van der Waals surface area contributed by atoms with E-state index in [0.717, 1.165) is 6.07 Å².